The van der Waals surface area contributed by atoms with E-state index in [-0.39, 0.29) is 15.9 Å². The smallest absolute Gasteiger partial charge is 0.261 e. The van der Waals surface area contributed by atoms with Crippen molar-refractivity contribution in [3.63, 3.8) is 0 Å². The Morgan fingerprint density at radius 1 is 1.17 bits per heavy atom. The highest BCUT2D eigenvalue weighted by Crippen LogP contribution is 2.31. The molecule has 0 spiro atoms. The second kappa shape index (κ2) is 10.9. The van der Waals surface area contributed by atoms with Gasteiger partial charge in [0.1, 0.15) is 5.75 Å². The van der Waals surface area contributed by atoms with Gasteiger partial charge in [-0.1, -0.05) is 23.7 Å². The van der Waals surface area contributed by atoms with Gasteiger partial charge in [0.05, 0.1) is 21.7 Å². The molecule has 3 aromatic heterocycles. The number of carbonyl (C=O) groups is 1. The number of anilines is 3. The number of phenols is 1. The van der Waals surface area contributed by atoms with Crippen LogP contribution in [-0.2, 0) is 16.4 Å². The molecule has 41 heavy (non-hydrogen) atoms. The minimum Gasteiger partial charge on any atom is -0.506 e. The van der Waals surface area contributed by atoms with Crippen LogP contribution in [-0.4, -0.2) is 57.6 Å². The minimum absolute atomic E-state index is 0.139. The molecule has 212 valence electrons. The first-order valence-corrected chi connectivity index (χ1v) is 14.0. The van der Waals surface area contributed by atoms with Gasteiger partial charge >= 0.3 is 0 Å². The number of hydrogen-bond donors (Lipinski definition) is 4. The maximum atomic E-state index is 12.8. The largest absolute Gasteiger partial charge is 0.506 e. The zero-order chi connectivity index (χ0) is 29.3. The molecule has 5 aromatic rings. The number of fused-ring (bicyclic) bond motifs is 1. The number of amides is 1. The lowest BCUT2D eigenvalue weighted by Crippen LogP contribution is -2.23. The molecule has 0 unspecified atom stereocenters. The van der Waals surface area contributed by atoms with Gasteiger partial charge in [0.25, 0.3) is 21.7 Å². The average molecular weight is 598 g/mol. The lowest BCUT2D eigenvalue weighted by Gasteiger charge is -2.17. The van der Waals surface area contributed by atoms with Gasteiger partial charge in [-0.3, -0.25) is 9.52 Å². The van der Waals surface area contributed by atoms with E-state index in [4.69, 9.17) is 27.5 Å². The van der Waals surface area contributed by atoms with Crippen LogP contribution in [0.25, 0.3) is 17.4 Å². The summed E-state index contributed by atoms with van der Waals surface area (Å²) in [7, 11) is -2.27. The molecule has 0 bridgehead atoms. The summed E-state index contributed by atoms with van der Waals surface area (Å²) in [5.41, 5.74) is 12.2. The maximum absolute atomic E-state index is 12.8. The van der Waals surface area contributed by atoms with Crippen LogP contribution in [0, 0.1) is 0 Å². The molecule has 0 radical (unpaired) electrons. The molecular formula is C25H24ClN9O5S. The number of aromatic hydroxyl groups is 1. The van der Waals surface area contributed by atoms with Gasteiger partial charge in [0, 0.05) is 19.3 Å². The molecule has 0 fully saturated rings. The molecule has 0 saturated carbocycles. The van der Waals surface area contributed by atoms with Crippen molar-refractivity contribution in [2.45, 2.75) is 17.7 Å². The molecule has 3 heterocycles. The van der Waals surface area contributed by atoms with E-state index in [1.807, 2.05) is 11.9 Å². The molecular weight excluding hydrogens is 574 g/mol. The number of primary amides is 1. The maximum Gasteiger partial charge on any atom is 0.261 e. The fraction of sp³-hybridized carbons (Fsp3) is 0.160. The van der Waals surface area contributed by atoms with E-state index in [1.165, 1.54) is 10.8 Å². The Balaban J connectivity index is 1.20. The van der Waals surface area contributed by atoms with Crippen LogP contribution < -0.4 is 21.1 Å². The molecule has 14 nitrogen and oxygen atoms in total. The van der Waals surface area contributed by atoms with Crippen LogP contribution in [0.4, 0.5) is 17.6 Å². The molecule has 0 aliphatic carbocycles. The number of rotatable bonds is 10. The van der Waals surface area contributed by atoms with E-state index in [1.54, 1.807) is 36.4 Å². The molecule has 6 N–H and O–H groups in total. The monoisotopic (exact) mass is 597 g/mol. The Bertz CT molecular complexity index is 1840. The number of nitrogens with two attached hydrogens (primary N) is 2. The van der Waals surface area contributed by atoms with E-state index in [0.29, 0.717) is 42.0 Å². The quantitative estimate of drug-likeness (QED) is 0.184. The lowest BCUT2D eigenvalue weighted by molar-refractivity contribution is 0.0997. The zero-order valence-corrected chi connectivity index (χ0v) is 23.1. The summed E-state index contributed by atoms with van der Waals surface area (Å²) in [5.74, 6) is 0.0809. The van der Waals surface area contributed by atoms with Crippen molar-refractivity contribution in [2.24, 2.45) is 5.73 Å². The number of hydrogen-bond acceptors (Lipinski definition) is 11. The second-order valence-corrected chi connectivity index (χ2v) is 11.1. The Morgan fingerprint density at radius 2 is 1.93 bits per heavy atom. The van der Waals surface area contributed by atoms with Crippen LogP contribution in [0.15, 0.2) is 64.1 Å². The Kier molecular flexibility index (Phi) is 7.38. The predicted molar refractivity (Wildman–Crippen MR) is 151 cm³/mol. The Morgan fingerprint density at radius 3 is 2.61 bits per heavy atom. The molecule has 0 saturated heterocycles. The Hall–Kier alpha value is -4.89. The first-order chi connectivity index (χ1) is 19.5. The summed E-state index contributed by atoms with van der Waals surface area (Å²) in [4.78, 5) is 26.2. The van der Waals surface area contributed by atoms with Crippen molar-refractivity contribution in [2.75, 3.05) is 28.9 Å². The molecule has 16 heteroatoms. The molecule has 5 rings (SSSR count). The lowest BCUT2D eigenvalue weighted by atomic mass is 10.1. The van der Waals surface area contributed by atoms with Crippen molar-refractivity contribution < 1.29 is 22.7 Å². The van der Waals surface area contributed by atoms with E-state index >= 15 is 0 Å². The van der Waals surface area contributed by atoms with Gasteiger partial charge in [0.2, 0.25) is 17.7 Å². The summed E-state index contributed by atoms with van der Waals surface area (Å²) in [6, 6.07) is 12.3. The highest BCUT2D eigenvalue weighted by atomic mass is 35.5. The number of halogens is 1. The number of nitrogen functional groups attached to an aromatic ring is 1. The summed E-state index contributed by atoms with van der Waals surface area (Å²) in [6.07, 6.45) is 2.96. The third-order valence-corrected chi connectivity index (χ3v) is 7.73. The first kappa shape index (κ1) is 27.7. The number of carbonyl (C=O) groups excluding carboxylic acids is 1. The number of sulfonamides is 1. The van der Waals surface area contributed by atoms with Crippen molar-refractivity contribution in [1.29, 1.82) is 0 Å². The van der Waals surface area contributed by atoms with E-state index < -0.39 is 27.2 Å². The van der Waals surface area contributed by atoms with Crippen molar-refractivity contribution in [1.82, 2.24) is 24.6 Å². The Labute approximate surface area is 238 Å². The third kappa shape index (κ3) is 5.85. The fourth-order valence-electron chi connectivity index (χ4n) is 3.97. The van der Waals surface area contributed by atoms with Crippen LogP contribution in [0.3, 0.4) is 0 Å². The number of nitrogens with one attached hydrogen (secondary N) is 1. The third-order valence-electron chi connectivity index (χ3n) is 6.08. The van der Waals surface area contributed by atoms with Crippen molar-refractivity contribution in [3.05, 3.63) is 70.9 Å². The summed E-state index contributed by atoms with van der Waals surface area (Å²) < 4.78 is 34.8. The van der Waals surface area contributed by atoms with Gasteiger partial charge in [0.15, 0.2) is 5.76 Å². The van der Waals surface area contributed by atoms with Gasteiger partial charge in [-0.25, -0.2) is 8.42 Å². The number of nitrogens with zero attached hydrogens (tertiary/aromatic N) is 6. The first-order valence-electron chi connectivity index (χ1n) is 12.1. The number of benzene rings is 2. The standard InChI is InChI=1S/C25H24ClN9O5S/c1-34(24-30-23(28)35-25(31-24)29-22(32-35)19-5-3-11-40-19)10-2-4-14-6-8-15(9-7-14)33-41(38,39)16-12-17(21(27)37)20(36)18(26)13-16/h3,5-9,11-13,33,36H,2,4,10H2,1H3,(H2,27,37)(H2,28,29,30,31,32). The van der Waals surface area contributed by atoms with Gasteiger partial charge in [-0.15, -0.1) is 5.10 Å². The van der Waals surface area contributed by atoms with Crippen LogP contribution >= 0.6 is 11.6 Å². The topological polar surface area (TPSA) is 208 Å². The highest BCUT2D eigenvalue weighted by Gasteiger charge is 2.21. The van der Waals surface area contributed by atoms with E-state index in [2.05, 4.69) is 24.8 Å². The highest BCUT2D eigenvalue weighted by molar-refractivity contribution is 7.92. The SMILES string of the molecule is CN(CCCc1ccc(NS(=O)(=O)c2cc(Cl)c(O)c(C(N)=O)c2)cc1)c1nc(N)n2nc(-c3ccco3)nc2n1. The summed E-state index contributed by atoms with van der Waals surface area (Å²) in [6.45, 7) is 0.604. The van der Waals surface area contributed by atoms with Crippen molar-refractivity contribution in [3.8, 4) is 17.3 Å². The number of furan rings is 1. The summed E-state index contributed by atoms with van der Waals surface area (Å²) in [5, 5.41) is 13.8. The van der Waals surface area contributed by atoms with Gasteiger partial charge in [-0.2, -0.15) is 19.5 Å². The average Bonchev–Trinajstić information content (AvgIpc) is 3.61. The molecule has 1 amide bonds. The predicted octanol–water partition coefficient (Wildman–Crippen LogP) is 2.69. The van der Waals surface area contributed by atoms with Gasteiger partial charge in [-0.05, 0) is 54.8 Å². The van der Waals surface area contributed by atoms with Gasteiger partial charge < -0.3 is 25.9 Å². The van der Waals surface area contributed by atoms with Crippen molar-refractivity contribution >= 4 is 50.9 Å². The van der Waals surface area contributed by atoms with Crippen LogP contribution in [0.1, 0.15) is 22.3 Å². The molecule has 0 aliphatic rings. The van der Waals surface area contributed by atoms with E-state index in [9.17, 15) is 18.3 Å². The minimum atomic E-state index is -4.11. The number of aromatic nitrogens is 5. The molecule has 0 atom stereocenters. The van der Waals surface area contributed by atoms with Crippen LogP contribution in [0.5, 0.6) is 5.75 Å². The van der Waals surface area contributed by atoms with Crippen LogP contribution in [0.2, 0.25) is 5.02 Å². The van der Waals surface area contributed by atoms with E-state index in [0.717, 1.165) is 24.1 Å². The fourth-order valence-corrected chi connectivity index (χ4v) is 5.36. The second-order valence-electron chi connectivity index (χ2n) is 9.00. The zero-order valence-electron chi connectivity index (χ0n) is 21.5. The normalized spacial score (nSPS) is 11.6. The number of aryl methyl sites for hydroxylation is 1. The summed E-state index contributed by atoms with van der Waals surface area (Å²) >= 11 is 5.88. The molecule has 2 aromatic carbocycles. The molecule has 0 aliphatic heterocycles.